The van der Waals surface area contributed by atoms with Crippen molar-refractivity contribution in [2.75, 3.05) is 11.9 Å². The number of nitrogens with zero attached hydrogens (tertiary/aromatic N) is 5. The fourth-order valence-electron chi connectivity index (χ4n) is 3.64. The summed E-state index contributed by atoms with van der Waals surface area (Å²) >= 11 is 12.7. The Morgan fingerprint density at radius 2 is 1.97 bits per heavy atom. The molecule has 0 saturated carbocycles. The van der Waals surface area contributed by atoms with Crippen LogP contribution in [0.1, 0.15) is 24.1 Å². The van der Waals surface area contributed by atoms with Crippen LogP contribution in [0.3, 0.4) is 0 Å². The number of tetrazole rings is 1. The molecule has 0 spiro atoms. The lowest BCUT2D eigenvalue weighted by atomic mass is 9.92. The molecule has 156 valence electrons. The summed E-state index contributed by atoms with van der Waals surface area (Å²) in [5.41, 5.74) is 2.52. The Kier molecular flexibility index (Phi) is 4.84. The first kappa shape index (κ1) is 19.5. The van der Waals surface area contributed by atoms with Crippen LogP contribution in [0.25, 0.3) is 11.3 Å². The van der Waals surface area contributed by atoms with E-state index in [1.807, 2.05) is 31.2 Å². The Morgan fingerprint density at radius 3 is 2.71 bits per heavy atom. The monoisotopic (exact) mass is 455 g/mol. The minimum absolute atomic E-state index is 0.303. The fourth-order valence-corrected chi connectivity index (χ4v) is 4.16. The van der Waals surface area contributed by atoms with Crippen LogP contribution in [0.4, 0.5) is 11.6 Å². The Labute approximate surface area is 186 Å². The molecule has 1 atom stereocenters. The molecule has 11 heteroatoms. The van der Waals surface area contributed by atoms with E-state index in [4.69, 9.17) is 27.9 Å². The van der Waals surface area contributed by atoms with Gasteiger partial charge in [-0.1, -0.05) is 34.4 Å². The maximum absolute atomic E-state index is 12.7. The summed E-state index contributed by atoms with van der Waals surface area (Å²) in [4.78, 5) is 12.7. The second kappa shape index (κ2) is 7.68. The molecule has 0 amide bonds. The van der Waals surface area contributed by atoms with Gasteiger partial charge in [-0.05, 0) is 53.7 Å². The summed E-state index contributed by atoms with van der Waals surface area (Å²) in [6.45, 7) is 2.48. The summed E-state index contributed by atoms with van der Waals surface area (Å²) in [5, 5.41) is 22.7. The van der Waals surface area contributed by atoms with Crippen LogP contribution in [-0.2, 0) is 0 Å². The van der Waals surface area contributed by atoms with Crippen molar-refractivity contribution in [2.45, 2.75) is 13.0 Å². The lowest BCUT2D eigenvalue weighted by molar-refractivity contribution is 0.340. The quantitative estimate of drug-likeness (QED) is 0.423. The third kappa shape index (κ3) is 3.31. The maximum atomic E-state index is 12.7. The first-order valence-corrected chi connectivity index (χ1v) is 10.2. The zero-order valence-electron chi connectivity index (χ0n) is 16.1. The van der Waals surface area contributed by atoms with Crippen molar-refractivity contribution in [3.63, 3.8) is 0 Å². The fraction of sp³-hybridized carbons (Fsp3) is 0.150. The average Bonchev–Trinajstić information content (AvgIpc) is 3.23. The largest absolute Gasteiger partial charge is 0.494 e. The Hall–Kier alpha value is -3.43. The van der Waals surface area contributed by atoms with Gasteiger partial charge in [0.2, 0.25) is 5.95 Å². The van der Waals surface area contributed by atoms with Crippen LogP contribution in [0.2, 0.25) is 10.0 Å². The van der Waals surface area contributed by atoms with Gasteiger partial charge in [-0.2, -0.15) is 9.78 Å². The van der Waals surface area contributed by atoms with Gasteiger partial charge in [0.05, 0.1) is 12.3 Å². The van der Waals surface area contributed by atoms with E-state index in [9.17, 15) is 4.79 Å². The van der Waals surface area contributed by atoms with E-state index in [-0.39, 0.29) is 0 Å². The second-order valence-electron chi connectivity index (χ2n) is 6.79. The van der Waals surface area contributed by atoms with Gasteiger partial charge in [0.15, 0.2) is 0 Å². The first-order chi connectivity index (χ1) is 15.1. The van der Waals surface area contributed by atoms with E-state index in [1.54, 1.807) is 22.9 Å². The summed E-state index contributed by atoms with van der Waals surface area (Å²) in [6, 6.07) is 12.0. The molecule has 1 aliphatic heterocycles. The average molecular weight is 456 g/mol. The van der Waals surface area contributed by atoms with Crippen LogP contribution in [-0.4, -0.2) is 37.0 Å². The van der Waals surface area contributed by atoms with E-state index in [0.717, 1.165) is 11.3 Å². The number of fused-ring (bicyclic) bond motifs is 2. The molecule has 0 unspecified atom stereocenters. The van der Waals surface area contributed by atoms with Crippen LogP contribution in [0.15, 0.2) is 47.3 Å². The molecule has 2 aromatic carbocycles. The SMILES string of the molecule is CCOc1ccc(-c2n[nH]c(=O)c3c2[C@@H](c2ccc(Cl)cc2Cl)n2nnnc2N3)cc1. The molecule has 0 fully saturated rings. The standard InChI is InChI=1S/C20H15Cl2N7O2/c1-2-31-12-6-3-10(4-7-12)16-15-17(19(30)25-24-16)23-20-26-27-28-29(20)18(15)13-8-5-11(21)9-14(13)22/h3-9,18H,2H2,1H3,(H,25,30)(H,23,26,28)/t18-/m1/s1. The van der Waals surface area contributed by atoms with Gasteiger partial charge < -0.3 is 10.1 Å². The van der Waals surface area contributed by atoms with Gasteiger partial charge in [0.25, 0.3) is 5.56 Å². The van der Waals surface area contributed by atoms with Crippen molar-refractivity contribution in [1.29, 1.82) is 0 Å². The summed E-state index contributed by atoms with van der Waals surface area (Å²) < 4.78 is 7.10. The number of H-pyrrole nitrogens is 1. The van der Waals surface area contributed by atoms with Gasteiger partial charge in [-0.3, -0.25) is 4.79 Å². The number of hydrogen-bond donors (Lipinski definition) is 2. The highest BCUT2D eigenvalue weighted by atomic mass is 35.5. The summed E-state index contributed by atoms with van der Waals surface area (Å²) in [7, 11) is 0. The molecule has 1 aliphatic rings. The predicted molar refractivity (Wildman–Crippen MR) is 116 cm³/mol. The number of rotatable bonds is 4. The number of aromatic amines is 1. The molecule has 4 aromatic rings. The second-order valence-corrected chi connectivity index (χ2v) is 7.63. The van der Waals surface area contributed by atoms with Gasteiger partial charge in [-0.15, -0.1) is 0 Å². The maximum Gasteiger partial charge on any atom is 0.288 e. The minimum atomic E-state index is -0.595. The lowest BCUT2D eigenvalue weighted by Crippen LogP contribution is -2.29. The summed E-state index contributed by atoms with van der Waals surface area (Å²) in [5.74, 6) is 1.06. The number of aromatic nitrogens is 6. The van der Waals surface area contributed by atoms with Crippen LogP contribution >= 0.6 is 23.2 Å². The number of hydrogen-bond acceptors (Lipinski definition) is 7. The normalized spacial score (nSPS) is 14.5. The van der Waals surface area contributed by atoms with Crippen LogP contribution < -0.4 is 15.6 Å². The van der Waals surface area contributed by atoms with E-state index in [1.165, 1.54) is 0 Å². The number of ether oxygens (including phenoxy) is 1. The molecule has 0 saturated heterocycles. The van der Waals surface area contributed by atoms with E-state index >= 15 is 0 Å². The highest BCUT2D eigenvalue weighted by molar-refractivity contribution is 6.35. The van der Waals surface area contributed by atoms with E-state index in [2.05, 4.69) is 31.0 Å². The number of anilines is 2. The molecule has 31 heavy (non-hydrogen) atoms. The molecular formula is C20H15Cl2N7O2. The van der Waals surface area contributed by atoms with Crippen molar-refractivity contribution < 1.29 is 4.74 Å². The molecule has 0 bridgehead atoms. The van der Waals surface area contributed by atoms with E-state index < -0.39 is 11.6 Å². The van der Waals surface area contributed by atoms with Crippen molar-refractivity contribution in [1.82, 2.24) is 30.4 Å². The zero-order valence-corrected chi connectivity index (χ0v) is 17.6. The Morgan fingerprint density at radius 1 is 1.16 bits per heavy atom. The smallest absolute Gasteiger partial charge is 0.288 e. The van der Waals surface area contributed by atoms with Gasteiger partial charge in [0.1, 0.15) is 17.5 Å². The Balaban J connectivity index is 1.76. The third-order valence-corrected chi connectivity index (χ3v) is 5.53. The molecule has 0 aliphatic carbocycles. The number of benzene rings is 2. The lowest BCUT2D eigenvalue weighted by Gasteiger charge is -2.28. The molecular weight excluding hydrogens is 441 g/mol. The molecule has 3 heterocycles. The molecule has 9 nitrogen and oxygen atoms in total. The zero-order chi connectivity index (χ0) is 21.5. The topological polar surface area (TPSA) is 111 Å². The van der Waals surface area contributed by atoms with Crippen LogP contribution in [0.5, 0.6) is 5.75 Å². The number of nitrogens with one attached hydrogen (secondary N) is 2. The molecule has 5 rings (SSSR count). The first-order valence-electron chi connectivity index (χ1n) is 9.42. The molecule has 0 radical (unpaired) electrons. The van der Waals surface area contributed by atoms with Gasteiger partial charge in [0, 0.05) is 26.7 Å². The van der Waals surface area contributed by atoms with Crippen molar-refractivity contribution >= 4 is 34.8 Å². The molecule has 2 N–H and O–H groups in total. The highest BCUT2D eigenvalue weighted by Gasteiger charge is 2.35. The van der Waals surface area contributed by atoms with Crippen molar-refractivity contribution in [3.05, 3.63) is 74.0 Å². The van der Waals surface area contributed by atoms with Crippen molar-refractivity contribution in [3.8, 4) is 17.0 Å². The van der Waals surface area contributed by atoms with Gasteiger partial charge in [-0.25, -0.2) is 5.10 Å². The van der Waals surface area contributed by atoms with E-state index in [0.29, 0.717) is 45.1 Å². The van der Waals surface area contributed by atoms with Gasteiger partial charge >= 0.3 is 0 Å². The van der Waals surface area contributed by atoms with Crippen molar-refractivity contribution in [2.24, 2.45) is 0 Å². The number of halogens is 2. The highest BCUT2D eigenvalue weighted by Crippen LogP contribution is 2.43. The molecule has 2 aromatic heterocycles. The summed E-state index contributed by atoms with van der Waals surface area (Å²) in [6.07, 6.45) is 0. The minimum Gasteiger partial charge on any atom is -0.494 e. The Bertz CT molecular complexity index is 1330. The van der Waals surface area contributed by atoms with Crippen LogP contribution in [0, 0.1) is 0 Å². The predicted octanol–water partition coefficient (Wildman–Crippen LogP) is 3.82. The third-order valence-electron chi connectivity index (χ3n) is 4.96.